The van der Waals surface area contributed by atoms with E-state index in [-0.39, 0.29) is 24.5 Å². The summed E-state index contributed by atoms with van der Waals surface area (Å²) in [5.74, 6) is -0.666. The number of primary amides is 1. The molecule has 0 spiro atoms. The Balaban J connectivity index is 1.42. The lowest BCUT2D eigenvalue weighted by Gasteiger charge is -2.30. The molecule has 4 heterocycles. The van der Waals surface area contributed by atoms with Gasteiger partial charge in [-0.25, -0.2) is 0 Å². The Morgan fingerprint density at radius 2 is 1.80 bits per heavy atom. The number of hydrogen-bond acceptors (Lipinski definition) is 7. The van der Waals surface area contributed by atoms with Gasteiger partial charge in [-0.15, -0.1) is 11.8 Å². The number of carbonyl (C=O) groups is 2. The number of thioether (sulfide) groups is 1. The van der Waals surface area contributed by atoms with Crippen molar-refractivity contribution < 1.29 is 27.9 Å². The molecule has 3 aliphatic heterocycles. The van der Waals surface area contributed by atoms with E-state index in [1.165, 1.54) is 35.2 Å². The maximum atomic E-state index is 14.1. The fraction of sp³-hybridized carbons (Fsp3) is 0.645. The minimum Gasteiger partial charge on any atom is -0.390 e. The first-order chi connectivity index (χ1) is 21.0. The van der Waals surface area contributed by atoms with Crippen molar-refractivity contribution in [1.82, 2.24) is 24.5 Å². The summed E-state index contributed by atoms with van der Waals surface area (Å²) in [4.78, 5) is 30.2. The lowest BCUT2D eigenvalue weighted by atomic mass is 9.99. The van der Waals surface area contributed by atoms with Crippen molar-refractivity contribution in [3.05, 3.63) is 35.0 Å². The quantitative estimate of drug-likeness (QED) is 0.320. The van der Waals surface area contributed by atoms with Gasteiger partial charge in [0.15, 0.2) is 0 Å². The van der Waals surface area contributed by atoms with Gasteiger partial charge in [0.1, 0.15) is 0 Å². The molecule has 13 heteroatoms. The van der Waals surface area contributed by atoms with Crippen LogP contribution in [0, 0.1) is 5.92 Å². The Hall–Kier alpha value is -2.61. The average molecular weight is 637 g/mol. The molecule has 3 aliphatic rings. The van der Waals surface area contributed by atoms with Crippen LogP contribution < -0.4 is 5.73 Å². The zero-order valence-corrected chi connectivity index (χ0v) is 26.1. The number of carbonyl (C=O) groups excluding carboxylic acids is 2. The first kappa shape index (κ1) is 32.8. The number of aliphatic hydroxyl groups is 1. The molecule has 0 aliphatic carbocycles. The van der Waals surface area contributed by atoms with Gasteiger partial charge in [-0.2, -0.15) is 18.3 Å². The second kappa shape index (κ2) is 14.2. The number of piperidine rings is 2. The topological polar surface area (TPSA) is 108 Å². The van der Waals surface area contributed by atoms with Crippen LogP contribution in [0.25, 0.3) is 11.3 Å². The monoisotopic (exact) mass is 636 g/mol. The van der Waals surface area contributed by atoms with Crippen molar-refractivity contribution in [3.8, 4) is 11.3 Å². The van der Waals surface area contributed by atoms with Crippen molar-refractivity contribution in [3.63, 3.8) is 0 Å². The van der Waals surface area contributed by atoms with Gasteiger partial charge < -0.3 is 25.5 Å². The van der Waals surface area contributed by atoms with Crippen LogP contribution in [0.15, 0.2) is 23.1 Å². The Morgan fingerprint density at radius 3 is 2.48 bits per heavy atom. The molecular weight excluding hydrogens is 593 g/mol. The first-order valence-electron chi connectivity index (χ1n) is 15.6. The van der Waals surface area contributed by atoms with Crippen LogP contribution in [-0.4, -0.2) is 99.1 Å². The summed E-state index contributed by atoms with van der Waals surface area (Å²) < 4.78 is 43.9. The van der Waals surface area contributed by atoms with Gasteiger partial charge in [0.25, 0.3) is 0 Å². The van der Waals surface area contributed by atoms with Gasteiger partial charge in [0.2, 0.25) is 0 Å². The van der Waals surface area contributed by atoms with Gasteiger partial charge >= 0.3 is 18.0 Å². The minimum atomic E-state index is -4.51. The molecule has 3 N–H and O–H groups in total. The number of β-amino-alcohol motifs (C(OH)–C–C–N with tert-alkyl or cyclic N) is 1. The highest BCUT2D eigenvalue weighted by Crippen LogP contribution is 2.40. The van der Waals surface area contributed by atoms with Gasteiger partial charge in [-0.1, -0.05) is 19.4 Å². The van der Waals surface area contributed by atoms with Crippen molar-refractivity contribution in [2.75, 3.05) is 51.6 Å². The van der Waals surface area contributed by atoms with Crippen molar-refractivity contribution >= 4 is 23.6 Å². The largest absolute Gasteiger partial charge is 0.417 e. The van der Waals surface area contributed by atoms with Crippen molar-refractivity contribution in [2.24, 2.45) is 11.7 Å². The summed E-state index contributed by atoms with van der Waals surface area (Å²) in [6.45, 7) is 7.78. The molecule has 2 fully saturated rings. The molecule has 1 aromatic heterocycles. The lowest BCUT2D eigenvalue weighted by molar-refractivity contribution is -0.144. The summed E-state index contributed by atoms with van der Waals surface area (Å²) in [5.41, 5.74) is 7.01. The second-order valence-corrected chi connectivity index (χ2v) is 13.5. The number of hydrogen-bond donors (Lipinski definition) is 2. The molecule has 9 nitrogen and oxygen atoms in total. The molecule has 0 radical (unpaired) electrons. The molecule has 2 aromatic rings. The van der Waals surface area contributed by atoms with Gasteiger partial charge in [0, 0.05) is 53.5 Å². The number of fused-ring (bicyclic) bond motifs is 1. The molecule has 0 unspecified atom stereocenters. The number of nitrogens with zero attached hydrogens (tertiary/aromatic N) is 5. The molecule has 0 bridgehead atoms. The van der Waals surface area contributed by atoms with E-state index in [4.69, 9.17) is 10.8 Å². The van der Waals surface area contributed by atoms with E-state index in [1.807, 2.05) is 0 Å². The van der Waals surface area contributed by atoms with Gasteiger partial charge in [-0.3, -0.25) is 14.3 Å². The third kappa shape index (κ3) is 7.96. The Kier molecular flexibility index (Phi) is 10.6. The van der Waals surface area contributed by atoms with Crippen LogP contribution in [-0.2, 0) is 35.3 Å². The highest BCUT2D eigenvalue weighted by Gasteiger charge is 2.35. The third-order valence-corrected chi connectivity index (χ3v) is 10.1. The number of likely N-dealkylation sites (tertiary alicyclic amines) is 2. The Bertz CT molecular complexity index is 1320. The summed E-state index contributed by atoms with van der Waals surface area (Å²) in [6, 6.07) is 4.06. The van der Waals surface area contributed by atoms with E-state index in [0.29, 0.717) is 48.0 Å². The predicted octanol–water partition coefficient (Wildman–Crippen LogP) is 3.61. The van der Waals surface area contributed by atoms with Crippen molar-refractivity contribution in [2.45, 2.75) is 75.7 Å². The van der Waals surface area contributed by atoms with E-state index < -0.39 is 29.7 Å². The number of nitrogens with two attached hydrogens (primary N) is 1. The number of benzene rings is 1. The molecular formula is C31H43F3N6O3S. The zero-order chi connectivity index (χ0) is 31.4. The normalized spacial score (nSPS) is 19.6. The lowest BCUT2D eigenvalue weighted by Crippen LogP contribution is -2.43. The fourth-order valence-corrected chi connectivity index (χ4v) is 7.61. The standard InChI is InChI=1S/C31H43F3N6O3S/c1-21-7-12-37(13-8-21)15-16-44-27-17-22(5-6-25(27)31(32,33)34)28-24-20-39(30(43)29(35)42)14-9-26(24)40(36-28)19-23(41)18-38-10-3-2-4-11-38/h5-6,17,21,23,41H,2-4,7-16,18-20H2,1H3,(H2,35,42)/t23-/m0/s1. The predicted molar refractivity (Wildman–Crippen MR) is 163 cm³/mol. The number of amides is 2. The van der Waals surface area contributed by atoms with Crippen molar-refractivity contribution in [1.29, 1.82) is 0 Å². The number of aliphatic hydroxyl groups excluding tert-OH is 1. The third-order valence-electron chi connectivity index (χ3n) is 9.04. The number of aromatic nitrogens is 2. The van der Waals surface area contributed by atoms with E-state index in [1.54, 1.807) is 4.68 Å². The van der Waals surface area contributed by atoms with Gasteiger partial charge in [0.05, 0.1) is 30.5 Å². The molecule has 1 aromatic carbocycles. The van der Waals surface area contributed by atoms with Crippen LogP contribution in [0.4, 0.5) is 13.2 Å². The fourth-order valence-electron chi connectivity index (χ4n) is 6.49. The molecule has 2 saturated heterocycles. The van der Waals surface area contributed by atoms with E-state index in [0.717, 1.165) is 63.6 Å². The SMILES string of the molecule is CC1CCN(CCSc2cc(-c3nn(C[C@@H](O)CN4CCCCC4)c4c3CN(C(=O)C(N)=O)CC4)ccc2C(F)(F)F)CC1. The van der Waals surface area contributed by atoms with Crippen LogP contribution >= 0.6 is 11.8 Å². The number of alkyl halides is 3. The second-order valence-electron chi connectivity index (χ2n) is 12.4. The maximum Gasteiger partial charge on any atom is 0.417 e. The maximum absolute atomic E-state index is 14.1. The molecule has 242 valence electrons. The number of rotatable bonds is 9. The Labute approximate surface area is 260 Å². The molecule has 1 atom stereocenters. The molecule has 44 heavy (non-hydrogen) atoms. The summed E-state index contributed by atoms with van der Waals surface area (Å²) >= 11 is 1.19. The molecule has 0 saturated carbocycles. The van der Waals surface area contributed by atoms with Crippen LogP contribution in [0.5, 0.6) is 0 Å². The number of halogens is 3. The molecule has 5 rings (SSSR count). The van der Waals surface area contributed by atoms with E-state index >= 15 is 0 Å². The highest BCUT2D eigenvalue weighted by molar-refractivity contribution is 7.99. The van der Waals surface area contributed by atoms with Gasteiger partial charge in [-0.05, 0) is 69.9 Å². The van der Waals surface area contributed by atoms with Crippen LogP contribution in [0.3, 0.4) is 0 Å². The summed E-state index contributed by atoms with van der Waals surface area (Å²) in [7, 11) is 0. The molecule has 2 amide bonds. The summed E-state index contributed by atoms with van der Waals surface area (Å²) in [6.07, 6.45) is 0.776. The van der Waals surface area contributed by atoms with Crippen LogP contribution in [0.1, 0.15) is 55.8 Å². The smallest absolute Gasteiger partial charge is 0.390 e. The highest BCUT2D eigenvalue weighted by atomic mass is 32.2. The van der Waals surface area contributed by atoms with Crippen LogP contribution in [0.2, 0.25) is 0 Å². The summed E-state index contributed by atoms with van der Waals surface area (Å²) in [5, 5.41) is 15.8. The van der Waals surface area contributed by atoms with E-state index in [9.17, 15) is 27.9 Å². The minimum absolute atomic E-state index is 0.0611. The van der Waals surface area contributed by atoms with E-state index in [2.05, 4.69) is 16.7 Å². The Morgan fingerprint density at radius 1 is 1.07 bits per heavy atom. The average Bonchev–Trinajstić information content (AvgIpc) is 3.34. The zero-order valence-electron chi connectivity index (χ0n) is 25.3. The first-order valence-corrected chi connectivity index (χ1v) is 16.6.